The average Bonchev–Trinajstić information content (AvgIpc) is 2.49. The van der Waals surface area contributed by atoms with Gasteiger partial charge < -0.3 is 15.5 Å². The first-order valence-electron chi connectivity index (χ1n) is 7.23. The van der Waals surface area contributed by atoms with Crippen molar-refractivity contribution in [2.24, 2.45) is 5.73 Å². The van der Waals surface area contributed by atoms with Crippen LogP contribution in [-0.2, 0) is 0 Å². The number of nitrogens with zero attached hydrogens (tertiary/aromatic N) is 2. The number of nitrogens with one attached hydrogen (secondary N) is 1. The van der Waals surface area contributed by atoms with Crippen LogP contribution >= 0.6 is 15.9 Å². The van der Waals surface area contributed by atoms with Gasteiger partial charge in [0, 0.05) is 31.7 Å². The van der Waals surface area contributed by atoms with Crippen LogP contribution in [0.15, 0.2) is 16.6 Å². The summed E-state index contributed by atoms with van der Waals surface area (Å²) in [4.78, 5) is 4.42. The molecule has 116 valence electrons. The summed E-state index contributed by atoms with van der Waals surface area (Å²) in [5.41, 5.74) is 6.40. The van der Waals surface area contributed by atoms with Gasteiger partial charge in [-0.3, -0.25) is 5.41 Å². The highest BCUT2D eigenvalue weighted by atomic mass is 79.9. The van der Waals surface area contributed by atoms with E-state index < -0.39 is 0 Å². The van der Waals surface area contributed by atoms with Crippen molar-refractivity contribution in [1.82, 2.24) is 4.90 Å². The second kappa shape index (κ2) is 6.75. The van der Waals surface area contributed by atoms with Gasteiger partial charge in [-0.25, -0.2) is 4.39 Å². The maximum atomic E-state index is 14.5. The molecule has 0 aliphatic carbocycles. The molecule has 1 fully saturated rings. The highest BCUT2D eigenvalue weighted by molar-refractivity contribution is 9.10. The Kier molecular flexibility index (Phi) is 5.22. The number of hydrogen-bond acceptors (Lipinski definition) is 3. The van der Waals surface area contributed by atoms with E-state index in [4.69, 9.17) is 11.1 Å². The lowest BCUT2D eigenvalue weighted by Crippen LogP contribution is -2.43. The molecule has 0 amide bonds. The summed E-state index contributed by atoms with van der Waals surface area (Å²) in [6.07, 6.45) is 2.08. The van der Waals surface area contributed by atoms with Crippen LogP contribution in [0.2, 0.25) is 0 Å². The number of hydrogen-bond donors (Lipinski definition) is 2. The van der Waals surface area contributed by atoms with Crippen LogP contribution in [-0.4, -0.2) is 43.5 Å². The first kappa shape index (κ1) is 16.2. The summed E-state index contributed by atoms with van der Waals surface area (Å²) in [5.74, 6) is -0.477. The zero-order valence-corrected chi connectivity index (χ0v) is 14.1. The molecule has 0 radical (unpaired) electrons. The topological polar surface area (TPSA) is 56.4 Å². The van der Waals surface area contributed by atoms with E-state index in [2.05, 4.69) is 27.8 Å². The average molecular weight is 357 g/mol. The van der Waals surface area contributed by atoms with E-state index in [1.165, 1.54) is 0 Å². The molecule has 0 spiro atoms. The van der Waals surface area contributed by atoms with Crippen LogP contribution in [0.25, 0.3) is 0 Å². The van der Waals surface area contributed by atoms with Crippen molar-refractivity contribution in [3.8, 4) is 0 Å². The molecule has 0 bridgehead atoms. The molecule has 1 aliphatic rings. The molecule has 1 heterocycles. The van der Waals surface area contributed by atoms with E-state index in [9.17, 15) is 4.39 Å². The van der Waals surface area contributed by atoms with Crippen LogP contribution in [0.1, 0.15) is 25.3 Å². The molecule has 0 saturated carbocycles. The zero-order chi connectivity index (χ0) is 15.6. The molecular formula is C15H22BrFN4. The number of piperidine rings is 1. The largest absolute Gasteiger partial charge is 0.384 e. The van der Waals surface area contributed by atoms with Gasteiger partial charge in [0.05, 0.1) is 10.2 Å². The van der Waals surface area contributed by atoms with E-state index in [1.54, 1.807) is 12.1 Å². The molecule has 21 heavy (non-hydrogen) atoms. The fraction of sp³-hybridized carbons (Fsp3) is 0.533. The van der Waals surface area contributed by atoms with Gasteiger partial charge in [-0.1, -0.05) is 6.92 Å². The van der Waals surface area contributed by atoms with Crippen molar-refractivity contribution in [3.63, 3.8) is 0 Å². The third kappa shape index (κ3) is 3.37. The molecule has 1 aromatic carbocycles. The highest BCUT2D eigenvalue weighted by Gasteiger charge is 2.24. The van der Waals surface area contributed by atoms with Crippen LogP contribution in [0.3, 0.4) is 0 Å². The lowest BCUT2D eigenvalue weighted by molar-refractivity contribution is 0.220. The number of benzene rings is 1. The first-order chi connectivity index (χ1) is 9.95. The molecule has 0 aromatic heterocycles. The second-order valence-corrected chi connectivity index (χ2v) is 6.24. The van der Waals surface area contributed by atoms with Crippen molar-refractivity contribution in [2.75, 3.05) is 31.6 Å². The Morgan fingerprint density at radius 1 is 1.48 bits per heavy atom. The second-order valence-electron chi connectivity index (χ2n) is 5.45. The standard InChI is InChI=1S/C15H22BrFN4/c1-3-21-8-6-10(7-9-21)20(2)12-5-4-11(15(18)19)13(16)14(12)17/h4-5,10H,3,6-9H2,1-2H3,(H3,18,19). The molecule has 0 unspecified atom stereocenters. The van der Waals surface area contributed by atoms with Gasteiger partial charge in [0.1, 0.15) is 5.84 Å². The number of anilines is 1. The molecule has 1 aromatic rings. The van der Waals surface area contributed by atoms with Crippen molar-refractivity contribution >= 4 is 27.5 Å². The monoisotopic (exact) mass is 356 g/mol. The Morgan fingerprint density at radius 2 is 2.10 bits per heavy atom. The van der Waals surface area contributed by atoms with Gasteiger partial charge in [0.25, 0.3) is 0 Å². The third-order valence-corrected chi connectivity index (χ3v) is 5.06. The molecule has 0 atom stereocenters. The fourth-order valence-electron chi connectivity index (χ4n) is 2.84. The zero-order valence-electron chi connectivity index (χ0n) is 12.5. The number of halogens is 2. The highest BCUT2D eigenvalue weighted by Crippen LogP contribution is 2.31. The quantitative estimate of drug-likeness (QED) is 0.644. The minimum absolute atomic E-state index is 0.133. The Balaban J connectivity index is 2.18. The van der Waals surface area contributed by atoms with Crippen LogP contribution in [0.5, 0.6) is 0 Å². The molecule has 3 N–H and O–H groups in total. The smallest absolute Gasteiger partial charge is 0.161 e. The van der Waals surface area contributed by atoms with Gasteiger partial charge in [0.15, 0.2) is 5.82 Å². The van der Waals surface area contributed by atoms with Gasteiger partial charge in [-0.05, 0) is 47.4 Å². The van der Waals surface area contributed by atoms with E-state index in [0.717, 1.165) is 32.5 Å². The Morgan fingerprint density at radius 3 is 2.62 bits per heavy atom. The van der Waals surface area contributed by atoms with Crippen molar-refractivity contribution in [1.29, 1.82) is 5.41 Å². The molecule has 4 nitrogen and oxygen atoms in total. The molecule has 6 heteroatoms. The number of amidine groups is 1. The fourth-order valence-corrected chi connectivity index (χ4v) is 3.39. The van der Waals surface area contributed by atoms with Crippen molar-refractivity contribution < 1.29 is 4.39 Å². The predicted molar refractivity (Wildman–Crippen MR) is 88.7 cm³/mol. The minimum Gasteiger partial charge on any atom is -0.384 e. The molecular weight excluding hydrogens is 335 g/mol. The molecule has 2 rings (SSSR count). The summed E-state index contributed by atoms with van der Waals surface area (Å²) >= 11 is 3.21. The van der Waals surface area contributed by atoms with Crippen LogP contribution in [0, 0.1) is 11.2 Å². The van der Waals surface area contributed by atoms with E-state index in [0.29, 0.717) is 17.3 Å². The van der Waals surface area contributed by atoms with E-state index in [1.807, 2.05) is 11.9 Å². The van der Waals surface area contributed by atoms with Gasteiger partial charge in [-0.2, -0.15) is 0 Å². The number of nitrogen functional groups attached to an aromatic ring is 1. The van der Waals surface area contributed by atoms with Gasteiger partial charge >= 0.3 is 0 Å². The number of nitrogens with two attached hydrogens (primary N) is 1. The molecule has 1 saturated heterocycles. The van der Waals surface area contributed by atoms with Crippen molar-refractivity contribution in [2.45, 2.75) is 25.8 Å². The summed E-state index contributed by atoms with van der Waals surface area (Å²) in [6, 6.07) is 3.75. The maximum Gasteiger partial charge on any atom is 0.161 e. The third-order valence-electron chi connectivity index (χ3n) is 4.28. The first-order valence-corrected chi connectivity index (χ1v) is 8.02. The van der Waals surface area contributed by atoms with Crippen LogP contribution < -0.4 is 10.6 Å². The lowest BCUT2D eigenvalue weighted by Gasteiger charge is -2.37. The van der Waals surface area contributed by atoms with Crippen LogP contribution in [0.4, 0.5) is 10.1 Å². The molecule has 1 aliphatic heterocycles. The minimum atomic E-state index is -0.344. The SMILES string of the molecule is CCN1CCC(N(C)c2ccc(C(=N)N)c(Br)c2F)CC1. The summed E-state index contributed by atoms with van der Waals surface area (Å²) < 4.78 is 14.8. The van der Waals surface area contributed by atoms with Gasteiger partial charge in [-0.15, -0.1) is 0 Å². The van der Waals surface area contributed by atoms with E-state index in [-0.39, 0.29) is 16.1 Å². The Labute approximate surface area is 133 Å². The lowest BCUT2D eigenvalue weighted by atomic mass is 10.0. The summed E-state index contributed by atoms with van der Waals surface area (Å²) in [5, 5.41) is 7.45. The van der Waals surface area contributed by atoms with Gasteiger partial charge in [0.2, 0.25) is 0 Å². The number of likely N-dealkylation sites (tertiary alicyclic amines) is 1. The Hall–Kier alpha value is -1.14. The van der Waals surface area contributed by atoms with Crippen molar-refractivity contribution in [3.05, 3.63) is 28.0 Å². The Bertz CT molecular complexity index is 527. The predicted octanol–water partition coefficient (Wildman–Crippen LogP) is 2.79. The summed E-state index contributed by atoms with van der Waals surface area (Å²) in [6.45, 7) is 5.35. The number of rotatable bonds is 4. The normalized spacial score (nSPS) is 17.0. The maximum absolute atomic E-state index is 14.5. The van der Waals surface area contributed by atoms with E-state index >= 15 is 0 Å². The summed E-state index contributed by atoms with van der Waals surface area (Å²) in [7, 11) is 1.94.